The Kier molecular flexibility index (Phi) is 10.8. The Morgan fingerprint density at radius 3 is 2.44 bits per heavy atom. The molecule has 8 heteroatoms. The third-order valence-corrected chi connectivity index (χ3v) is 11.2. The fourth-order valence-corrected chi connectivity index (χ4v) is 9.69. The molecule has 3 aliphatic rings. The number of nitrogens with zero attached hydrogens (tertiary/aromatic N) is 3. The smallest absolute Gasteiger partial charge is 0.247 e. The van der Waals surface area contributed by atoms with E-state index in [1.54, 1.807) is 28.8 Å². The van der Waals surface area contributed by atoms with Crippen molar-refractivity contribution in [2.45, 2.75) is 74.8 Å². The molecule has 1 aromatic rings. The van der Waals surface area contributed by atoms with Crippen LogP contribution in [0, 0.1) is 17.8 Å². The summed E-state index contributed by atoms with van der Waals surface area (Å²) in [6.07, 6.45) is 9.42. The van der Waals surface area contributed by atoms with Crippen molar-refractivity contribution < 1.29 is 19.5 Å². The first-order chi connectivity index (χ1) is 19.9. The number of unbranched alkanes of at least 4 members (excludes halogenated alkanes) is 4. The van der Waals surface area contributed by atoms with Crippen LogP contribution in [0.25, 0.3) is 0 Å². The van der Waals surface area contributed by atoms with E-state index < -0.39 is 22.6 Å². The third-order valence-electron chi connectivity index (χ3n) is 9.16. The number of hydrogen-bond donors (Lipinski definition) is 1. The van der Waals surface area contributed by atoms with Gasteiger partial charge < -0.3 is 19.8 Å². The summed E-state index contributed by atoms with van der Waals surface area (Å²) in [5.74, 6) is -1.000. The predicted molar refractivity (Wildman–Crippen MR) is 167 cm³/mol. The minimum atomic E-state index is -0.633. The second-order valence-electron chi connectivity index (χ2n) is 11.7. The molecule has 4 rings (SSSR count). The summed E-state index contributed by atoms with van der Waals surface area (Å²) < 4.78 is -0.633. The molecule has 6 atom stereocenters. The number of likely N-dealkylation sites (tertiary alicyclic amines) is 1. The average Bonchev–Trinajstić information content (AvgIpc) is 3.57. The van der Waals surface area contributed by atoms with Gasteiger partial charge >= 0.3 is 0 Å². The van der Waals surface area contributed by atoms with Gasteiger partial charge in [-0.3, -0.25) is 14.4 Å². The molecule has 3 amide bonds. The Balaban J connectivity index is 1.72. The largest absolute Gasteiger partial charge is 0.396 e. The molecule has 3 fully saturated rings. The number of fused-ring (bicyclic) bond motifs is 1. The highest BCUT2D eigenvalue weighted by molar-refractivity contribution is 8.02. The fourth-order valence-electron chi connectivity index (χ4n) is 7.28. The summed E-state index contributed by atoms with van der Waals surface area (Å²) in [6, 6.07) is 8.99. The van der Waals surface area contributed by atoms with Gasteiger partial charge in [0.1, 0.15) is 6.04 Å². The number of hydrogen-bond acceptors (Lipinski definition) is 5. The van der Waals surface area contributed by atoms with Crippen LogP contribution in [0.2, 0.25) is 0 Å². The van der Waals surface area contributed by atoms with Crippen LogP contribution in [0.4, 0.5) is 5.69 Å². The molecule has 1 spiro atoms. The van der Waals surface area contributed by atoms with Gasteiger partial charge in [-0.05, 0) is 43.7 Å². The van der Waals surface area contributed by atoms with Gasteiger partial charge in [0.05, 0.1) is 16.6 Å². The molecule has 41 heavy (non-hydrogen) atoms. The van der Waals surface area contributed by atoms with Crippen LogP contribution in [0.15, 0.2) is 55.6 Å². The van der Waals surface area contributed by atoms with Crippen LogP contribution < -0.4 is 4.90 Å². The Labute approximate surface area is 250 Å². The van der Waals surface area contributed by atoms with Gasteiger partial charge in [-0.1, -0.05) is 63.5 Å². The number of anilines is 1. The van der Waals surface area contributed by atoms with Crippen molar-refractivity contribution in [2.24, 2.45) is 17.8 Å². The van der Waals surface area contributed by atoms with Gasteiger partial charge in [0.25, 0.3) is 0 Å². The molecule has 2 bridgehead atoms. The monoisotopic (exact) mass is 581 g/mol. The van der Waals surface area contributed by atoms with Gasteiger partial charge in [-0.15, -0.1) is 24.9 Å². The van der Waals surface area contributed by atoms with Gasteiger partial charge in [-0.25, -0.2) is 0 Å². The van der Waals surface area contributed by atoms with E-state index in [0.29, 0.717) is 26.2 Å². The number of rotatable bonds is 16. The van der Waals surface area contributed by atoms with Gasteiger partial charge in [-0.2, -0.15) is 0 Å². The van der Waals surface area contributed by atoms with Gasteiger partial charge in [0.15, 0.2) is 0 Å². The van der Waals surface area contributed by atoms with Gasteiger partial charge in [0.2, 0.25) is 17.7 Å². The normalized spacial score (nSPS) is 28.0. The van der Waals surface area contributed by atoms with Crippen LogP contribution in [-0.2, 0) is 14.4 Å². The number of amides is 3. The zero-order chi connectivity index (χ0) is 29.6. The first-order valence-electron chi connectivity index (χ1n) is 15.3. The summed E-state index contributed by atoms with van der Waals surface area (Å²) in [7, 11) is 0. The molecule has 224 valence electrons. The van der Waals surface area contributed by atoms with Crippen molar-refractivity contribution in [3.05, 3.63) is 55.6 Å². The van der Waals surface area contributed by atoms with Gasteiger partial charge in [0, 0.05) is 43.7 Å². The molecule has 7 nitrogen and oxygen atoms in total. The molecule has 3 aliphatic heterocycles. The molecule has 3 saturated heterocycles. The Morgan fingerprint density at radius 2 is 1.78 bits per heavy atom. The maximum absolute atomic E-state index is 14.5. The van der Waals surface area contributed by atoms with E-state index in [9.17, 15) is 19.5 Å². The van der Waals surface area contributed by atoms with Crippen molar-refractivity contribution in [3.63, 3.8) is 0 Å². The number of thioether (sulfide) groups is 1. The van der Waals surface area contributed by atoms with E-state index in [2.05, 4.69) is 27.0 Å². The Hall–Kier alpha value is -2.58. The van der Waals surface area contributed by atoms with E-state index in [1.807, 2.05) is 40.1 Å². The van der Waals surface area contributed by atoms with E-state index in [1.165, 1.54) is 0 Å². The molecule has 1 aromatic carbocycles. The van der Waals surface area contributed by atoms with E-state index in [4.69, 9.17) is 0 Å². The zero-order valence-electron chi connectivity index (χ0n) is 24.7. The minimum absolute atomic E-state index is 0.00650. The standard InChI is InChI=1S/C33H47N3O4S/c1-5-8-20-34(18-6-2)32(40)29-33-24(4)23-26(41-33)27(28(33)31(39)36(29)21-14-9-10-15-22-37)30(38)35(19-7-3)25-16-12-11-13-17-25/h6-7,11-13,16-17,24,26-29,37H,2-3,5,8-10,14-15,18-23H2,1,4H3/t24?,26-,27+,28-,29?,33?/m0/s1. The molecule has 0 aliphatic carbocycles. The summed E-state index contributed by atoms with van der Waals surface area (Å²) in [4.78, 5) is 48.8. The predicted octanol–water partition coefficient (Wildman–Crippen LogP) is 4.91. The lowest BCUT2D eigenvalue weighted by atomic mass is 9.65. The van der Waals surface area contributed by atoms with Crippen molar-refractivity contribution in [2.75, 3.05) is 37.7 Å². The topological polar surface area (TPSA) is 81.2 Å². The number of aliphatic hydroxyl groups excluding tert-OH is 1. The number of benzene rings is 1. The van der Waals surface area contributed by atoms with Crippen LogP contribution in [0.5, 0.6) is 0 Å². The SMILES string of the molecule is C=CCN(CCCC)C(=O)C1N(CCCCCCO)C(=O)[C@@H]2[C@H](C(=O)N(CC=C)c3ccccc3)[C@@H]3CC(C)C12S3. The lowest BCUT2D eigenvalue weighted by molar-refractivity contribution is -0.142. The van der Waals surface area contributed by atoms with Crippen molar-refractivity contribution >= 4 is 35.2 Å². The van der Waals surface area contributed by atoms with E-state index >= 15 is 0 Å². The average molecular weight is 582 g/mol. The van der Waals surface area contributed by atoms with Crippen LogP contribution >= 0.6 is 11.8 Å². The molecule has 3 unspecified atom stereocenters. The molecular weight excluding hydrogens is 534 g/mol. The number of carbonyl (C=O) groups excluding carboxylic acids is 3. The Morgan fingerprint density at radius 1 is 1.07 bits per heavy atom. The highest BCUT2D eigenvalue weighted by atomic mass is 32.2. The molecule has 1 N–H and O–H groups in total. The first-order valence-corrected chi connectivity index (χ1v) is 16.2. The molecule has 0 saturated carbocycles. The lowest BCUT2D eigenvalue weighted by Crippen LogP contribution is -2.57. The van der Waals surface area contributed by atoms with Crippen LogP contribution in [-0.4, -0.2) is 81.5 Å². The van der Waals surface area contributed by atoms with Crippen molar-refractivity contribution in [1.29, 1.82) is 0 Å². The molecule has 0 aromatic heterocycles. The fraction of sp³-hybridized carbons (Fsp3) is 0.606. The summed E-state index contributed by atoms with van der Waals surface area (Å²) in [5.41, 5.74) is 0.794. The van der Waals surface area contributed by atoms with E-state index in [0.717, 1.165) is 50.6 Å². The van der Waals surface area contributed by atoms with Crippen molar-refractivity contribution in [3.8, 4) is 0 Å². The molecular formula is C33H47N3O4S. The zero-order valence-corrected chi connectivity index (χ0v) is 25.6. The second-order valence-corrected chi connectivity index (χ2v) is 13.3. The first kappa shape index (κ1) is 31.4. The maximum Gasteiger partial charge on any atom is 0.247 e. The minimum Gasteiger partial charge on any atom is -0.396 e. The quantitative estimate of drug-likeness (QED) is 0.222. The van der Waals surface area contributed by atoms with Crippen LogP contribution in [0.1, 0.15) is 58.8 Å². The number of carbonyl (C=O) groups is 3. The molecule has 3 heterocycles. The number of para-hydroxylation sites is 1. The summed E-state index contributed by atoms with van der Waals surface area (Å²) >= 11 is 1.73. The third kappa shape index (κ3) is 5.87. The summed E-state index contributed by atoms with van der Waals surface area (Å²) in [5, 5.41) is 9.20. The second kappa shape index (κ2) is 14.1. The van der Waals surface area contributed by atoms with E-state index in [-0.39, 0.29) is 35.5 Å². The Bertz CT molecular complexity index is 1100. The highest BCUT2D eigenvalue weighted by Gasteiger charge is 2.76. The molecule has 0 radical (unpaired) electrons. The maximum atomic E-state index is 14.5. The highest BCUT2D eigenvalue weighted by Crippen LogP contribution is 2.69. The number of aliphatic hydroxyl groups is 1. The van der Waals surface area contributed by atoms with Crippen molar-refractivity contribution in [1.82, 2.24) is 9.80 Å². The summed E-state index contributed by atoms with van der Waals surface area (Å²) in [6.45, 7) is 14.1. The lowest BCUT2D eigenvalue weighted by Gasteiger charge is -2.41. The van der Waals surface area contributed by atoms with Crippen LogP contribution in [0.3, 0.4) is 0 Å².